The van der Waals surface area contributed by atoms with Crippen molar-refractivity contribution in [1.29, 1.82) is 0 Å². The normalized spacial score (nSPS) is 23.3. The van der Waals surface area contributed by atoms with Gasteiger partial charge in [0.25, 0.3) is 0 Å². The van der Waals surface area contributed by atoms with E-state index in [2.05, 4.69) is 85.2 Å². The molecule has 4 rings (SSSR count). The summed E-state index contributed by atoms with van der Waals surface area (Å²) in [6, 6.07) is 20.4. The van der Waals surface area contributed by atoms with Gasteiger partial charge in [0.15, 0.2) is 0 Å². The molecule has 2 aromatic rings. The lowest BCUT2D eigenvalue weighted by molar-refractivity contribution is 0.312. The first-order valence-corrected chi connectivity index (χ1v) is 10.8. The third-order valence-corrected chi connectivity index (χ3v) is 7.48. The van der Waals surface area contributed by atoms with E-state index in [4.69, 9.17) is 0 Å². The monoisotopic (exact) mass is 363 g/mol. The Morgan fingerprint density at radius 2 is 1.65 bits per heavy atom. The molecular weight excluding hydrogens is 334 g/mol. The van der Waals surface area contributed by atoms with Crippen LogP contribution in [-0.2, 0) is 4.75 Å². The molecule has 2 heterocycles. The van der Waals surface area contributed by atoms with Crippen LogP contribution in [0.3, 0.4) is 0 Å². The lowest BCUT2D eigenvalue weighted by Crippen LogP contribution is -2.29. The highest BCUT2D eigenvalue weighted by Crippen LogP contribution is 2.62. The van der Waals surface area contributed by atoms with Crippen LogP contribution in [0.25, 0.3) is 5.57 Å². The van der Waals surface area contributed by atoms with Gasteiger partial charge in [0.1, 0.15) is 0 Å². The van der Waals surface area contributed by atoms with Crippen molar-refractivity contribution >= 4 is 17.3 Å². The van der Waals surface area contributed by atoms with E-state index in [1.54, 1.807) is 11.1 Å². The zero-order valence-electron chi connectivity index (χ0n) is 16.0. The second kappa shape index (κ2) is 7.62. The van der Waals surface area contributed by atoms with Gasteiger partial charge in [-0.25, -0.2) is 0 Å². The third kappa shape index (κ3) is 3.14. The minimum atomic E-state index is 0.0895. The van der Waals surface area contributed by atoms with Gasteiger partial charge < -0.3 is 4.90 Å². The fourth-order valence-electron chi connectivity index (χ4n) is 4.49. The first-order valence-electron chi connectivity index (χ1n) is 9.99. The van der Waals surface area contributed by atoms with Crippen LogP contribution in [-0.4, -0.2) is 25.0 Å². The Labute approximate surface area is 162 Å². The molecule has 1 atom stereocenters. The Morgan fingerprint density at radius 1 is 0.962 bits per heavy atom. The predicted molar refractivity (Wildman–Crippen MR) is 114 cm³/mol. The molecule has 0 amide bonds. The van der Waals surface area contributed by atoms with Crippen LogP contribution < -0.4 is 0 Å². The summed E-state index contributed by atoms with van der Waals surface area (Å²) >= 11 is 2.11. The van der Waals surface area contributed by atoms with Crippen molar-refractivity contribution in [3.8, 4) is 0 Å². The number of piperidine rings is 1. The maximum Gasteiger partial charge on any atom is 0.0710 e. The highest BCUT2D eigenvalue weighted by atomic mass is 32.2. The molecule has 0 bridgehead atoms. The molecule has 1 fully saturated rings. The number of benzene rings is 2. The number of nitrogens with zero attached hydrogens (tertiary/aromatic N) is 1. The van der Waals surface area contributed by atoms with Gasteiger partial charge in [-0.1, -0.05) is 73.9 Å². The van der Waals surface area contributed by atoms with Crippen LogP contribution in [0.1, 0.15) is 50.2 Å². The van der Waals surface area contributed by atoms with Gasteiger partial charge in [-0.15, -0.1) is 11.8 Å². The lowest BCUT2D eigenvalue weighted by Gasteiger charge is -2.35. The van der Waals surface area contributed by atoms with E-state index in [9.17, 15) is 0 Å². The van der Waals surface area contributed by atoms with Gasteiger partial charge in [-0.05, 0) is 49.1 Å². The molecular formula is C24H29NS. The molecule has 2 aromatic carbocycles. The molecule has 1 saturated heterocycles. The van der Waals surface area contributed by atoms with Gasteiger partial charge in [-0.3, -0.25) is 0 Å². The van der Waals surface area contributed by atoms with E-state index in [1.165, 1.54) is 61.2 Å². The molecule has 0 N–H and O–H groups in total. The maximum absolute atomic E-state index is 2.47. The number of likely N-dealkylation sites (tertiary alicyclic amines) is 1. The summed E-state index contributed by atoms with van der Waals surface area (Å²) in [5.74, 6) is 0. The molecule has 0 spiro atoms. The smallest absolute Gasteiger partial charge is 0.0710 e. The van der Waals surface area contributed by atoms with Gasteiger partial charge >= 0.3 is 0 Å². The summed E-state index contributed by atoms with van der Waals surface area (Å²) < 4.78 is 0.0895. The largest absolute Gasteiger partial charge is 0.306 e. The summed E-state index contributed by atoms with van der Waals surface area (Å²) in [5, 5.41) is 0. The number of thioether (sulfide) groups is 1. The predicted octanol–water partition coefficient (Wildman–Crippen LogP) is 6.36. The molecule has 0 aromatic heterocycles. The molecule has 1 nitrogen and oxygen atoms in total. The Balaban J connectivity index is 1.90. The SMILES string of the molecule is CCCCC1(c2ccccc2)Sc2ccccc2C1=C1CCN(C)CC1. The van der Waals surface area contributed by atoms with Gasteiger partial charge in [0.2, 0.25) is 0 Å². The summed E-state index contributed by atoms with van der Waals surface area (Å²) in [7, 11) is 2.25. The molecule has 2 aliphatic heterocycles. The van der Waals surface area contributed by atoms with Crippen molar-refractivity contribution in [2.24, 2.45) is 0 Å². The molecule has 0 aliphatic carbocycles. The second-order valence-corrected chi connectivity index (χ2v) is 9.02. The second-order valence-electron chi connectivity index (χ2n) is 7.68. The van der Waals surface area contributed by atoms with E-state index < -0.39 is 0 Å². The van der Waals surface area contributed by atoms with Crippen molar-refractivity contribution in [1.82, 2.24) is 4.90 Å². The van der Waals surface area contributed by atoms with E-state index >= 15 is 0 Å². The van der Waals surface area contributed by atoms with Crippen LogP contribution in [0.5, 0.6) is 0 Å². The summed E-state index contributed by atoms with van der Waals surface area (Å²) in [5.41, 5.74) is 6.32. The topological polar surface area (TPSA) is 3.24 Å². The molecule has 26 heavy (non-hydrogen) atoms. The van der Waals surface area contributed by atoms with Crippen molar-refractivity contribution in [2.75, 3.05) is 20.1 Å². The van der Waals surface area contributed by atoms with Crippen molar-refractivity contribution in [2.45, 2.75) is 48.7 Å². The molecule has 2 heteroatoms. The van der Waals surface area contributed by atoms with Gasteiger partial charge in [0.05, 0.1) is 4.75 Å². The Kier molecular flexibility index (Phi) is 5.24. The first-order chi connectivity index (χ1) is 12.7. The lowest BCUT2D eigenvalue weighted by atomic mass is 9.78. The number of rotatable bonds is 4. The Morgan fingerprint density at radius 3 is 2.38 bits per heavy atom. The van der Waals surface area contributed by atoms with Gasteiger partial charge in [-0.2, -0.15) is 0 Å². The number of hydrogen-bond donors (Lipinski definition) is 0. The van der Waals surface area contributed by atoms with Crippen LogP contribution in [0.15, 0.2) is 65.1 Å². The number of hydrogen-bond acceptors (Lipinski definition) is 2. The average molecular weight is 364 g/mol. The standard InChI is InChI=1S/C24H29NS/c1-3-4-16-24(20-10-6-5-7-11-20)23(19-14-17-25(2)18-15-19)21-12-8-9-13-22(21)26-24/h5-13H,3-4,14-18H2,1-2H3. The van der Waals surface area contributed by atoms with E-state index in [0.29, 0.717) is 0 Å². The summed E-state index contributed by atoms with van der Waals surface area (Å²) in [6.07, 6.45) is 6.16. The number of fused-ring (bicyclic) bond motifs is 1. The minimum Gasteiger partial charge on any atom is -0.306 e. The summed E-state index contributed by atoms with van der Waals surface area (Å²) in [4.78, 5) is 3.93. The zero-order chi connectivity index (χ0) is 18.0. The molecule has 136 valence electrons. The average Bonchev–Trinajstić information content (AvgIpc) is 3.03. The Hall–Kier alpha value is -1.51. The van der Waals surface area contributed by atoms with Crippen LogP contribution >= 0.6 is 11.8 Å². The molecule has 0 saturated carbocycles. The van der Waals surface area contributed by atoms with Crippen molar-refractivity contribution < 1.29 is 0 Å². The minimum absolute atomic E-state index is 0.0895. The fourth-order valence-corrected chi connectivity index (χ4v) is 6.15. The molecule has 2 aliphatic rings. The maximum atomic E-state index is 2.47. The molecule has 1 unspecified atom stereocenters. The fraction of sp³-hybridized carbons (Fsp3) is 0.417. The quantitative estimate of drug-likeness (QED) is 0.622. The molecule has 0 radical (unpaired) electrons. The first kappa shape index (κ1) is 17.9. The summed E-state index contributed by atoms with van der Waals surface area (Å²) in [6.45, 7) is 4.68. The third-order valence-electron chi connectivity index (χ3n) is 5.91. The van der Waals surface area contributed by atoms with Crippen LogP contribution in [0.4, 0.5) is 0 Å². The van der Waals surface area contributed by atoms with Gasteiger partial charge in [0, 0.05) is 18.0 Å². The zero-order valence-corrected chi connectivity index (χ0v) is 16.8. The van der Waals surface area contributed by atoms with E-state index in [0.717, 1.165) is 0 Å². The Bertz CT molecular complexity index is 785. The highest BCUT2D eigenvalue weighted by molar-refractivity contribution is 8.01. The number of unbranched alkanes of at least 4 members (excludes halogenated alkanes) is 1. The van der Waals surface area contributed by atoms with Crippen molar-refractivity contribution in [3.05, 3.63) is 71.3 Å². The van der Waals surface area contributed by atoms with Crippen molar-refractivity contribution in [3.63, 3.8) is 0 Å². The van der Waals surface area contributed by atoms with E-state index in [-0.39, 0.29) is 4.75 Å². The highest BCUT2D eigenvalue weighted by Gasteiger charge is 2.45. The van der Waals surface area contributed by atoms with Crippen LogP contribution in [0.2, 0.25) is 0 Å². The van der Waals surface area contributed by atoms with E-state index in [1.807, 2.05) is 0 Å². The van der Waals surface area contributed by atoms with Crippen LogP contribution in [0, 0.1) is 0 Å².